The van der Waals surface area contributed by atoms with Crippen molar-refractivity contribution in [2.75, 3.05) is 6.54 Å². The fraction of sp³-hybridized carbons (Fsp3) is 0.533. The third kappa shape index (κ3) is 3.10. The third-order valence-electron chi connectivity index (χ3n) is 4.11. The Balaban J connectivity index is 2.00. The second-order valence-corrected chi connectivity index (χ2v) is 7.30. The van der Waals surface area contributed by atoms with Gasteiger partial charge in [0.15, 0.2) is 0 Å². The Kier molecular flexibility index (Phi) is 4.30. The normalized spacial score (nSPS) is 25.4. The fourth-order valence-corrected chi connectivity index (χ4v) is 3.96. The van der Waals surface area contributed by atoms with Crippen LogP contribution in [-0.2, 0) is 14.8 Å². The maximum atomic E-state index is 12.2. The van der Waals surface area contributed by atoms with Gasteiger partial charge in [-0.3, -0.25) is 4.79 Å². The van der Waals surface area contributed by atoms with Crippen LogP contribution >= 0.6 is 0 Å². The van der Waals surface area contributed by atoms with E-state index in [9.17, 15) is 13.2 Å². The Morgan fingerprint density at radius 2 is 1.80 bits per heavy atom. The van der Waals surface area contributed by atoms with Gasteiger partial charge in [0.05, 0.1) is 4.90 Å². The smallest absolute Gasteiger partial charge is 0.240 e. The van der Waals surface area contributed by atoms with Crippen molar-refractivity contribution < 1.29 is 13.2 Å². The number of sulfonamides is 1. The predicted molar refractivity (Wildman–Crippen MR) is 77.8 cm³/mol. The number of benzene rings is 1. The minimum atomic E-state index is -3.47. The molecule has 0 aliphatic heterocycles. The van der Waals surface area contributed by atoms with Crippen molar-refractivity contribution in [1.29, 1.82) is 0 Å². The summed E-state index contributed by atoms with van der Waals surface area (Å²) in [5, 5.41) is 0. The molecule has 0 heterocycles. The van der Waals surface area contributed by atoms with Crippen LogP contribution in [0, 0.1) is 24.7 Å². The first-order chi connectivity index (χ1) is 9.36. The molecule has 110 valence electrons. The second-order valence-electron chi connectivity index (χ2n) is 5.54. The molecule has 0 spiro atoms. The van der Waals surface area contributed by atoms with Crippen molar-refractivity contribution in [1.82, 2.24) is 4.72 Å². The fourth-order valence-electron chi connectivity index (χ4n) is 2.89. The maximum Gasteiger partial charge on any atom is 0.240 e. The highest BCUT2D eigenvalue weighted by molar-refractivity contribution is 7.89. The molecular weight excluding hydrogens is 274 g/mol. The molecule has 20 heavy (non-hydrogen) atoms. The van der Waals surface area contributed by atoms with E-state index >= 15 is 0 Å². The number of nitrogens with one attached hydrogen (secondary N) is 1. The van der Waals surface area contributed by atoms with Crippen molar-refractivity contribution in [2.45, 2.75) is 32.1 Å². The van der Waals surface area contributed by atoms with Crippen LogP contribution in [0.3, 0.4) is 0 Å². The highest BCUT2D eigenvalue weighted by atomic mass is 32.2. The van der Waals surface area contributed by atoms with Gasteiger partial charge in [0.1, 0.15) is 5.78 Å². The van der Waals surface area contributed by atoms with Gasteiger partial charge in [-0.2, -0.15) is 0 Å². The monoisotopic (exact) mass is 295 g/mol. The SMILES string of the molecule is CC[C@@H]1[C@H](CNS(=O)(=O)c2ccc(C)cc2)[C@@H]1C(C)=O. The van der Waals surface area contributed by atoms with Crippen LogP contribution in [0.1, 0.15) is 25.8 Å². The predicted octanol–water partition coefficient (Wildman–Crippen LogP) is 2.13. The molecule has 3 atom stereocenters. The highest BCUT2D eigenvalue weighted by Crippen LogP contribution is 2.48. The Hall–Kier alpha value is -1.20. The number of hydrogen-bond donors (Lipinski definition) is 1. The van der Waals surface area contributed by atoms with Crippen molar-refractivity contribution in [3.05, 3.63) is 29.8 Å². The molecule has 0 saturated heterocycles. The van der Waals surface area contributed by atoms with E-state index in [0.29, 0.717) is 12.5 Å². The topological polar surface area (TPSA) is 63.2 Å². The minimum Gasteiger partial charge on any atom is -0.300 e. The van der Waals surface area contributed by atoms with Crippen LogP contribution in [0.4, 0.5) is 0 Å². The molecule has 1 aliphatic rings. The zero-order chi connectivity index (χ0) is 14.9. The van der Waals surface area contributed by atoms with Gasteiger partial charge in [-0.25, -0.2) is 13.1 Å². The number of Topliss-reactive ketones (excluding diaryl/α,β-unsaturated/α-hetero) is 1. The van der Waals surface area contributed by atoms with Crippen molar-refractivity contribution in [3.63, 3.8) is 0 Å². The number of ketones is 1. The van der Waals surface area contributed by atoms with E-state index in [1.165, 1.54) is 0 Å². The van der Waals surface area contributed by atoms with Gasteiger partial charge in [0, 0.05) is 12.5 Å². The standard InChI is InChI=1S/C15H21NO3S/c1-4-13-14(15(13)11(3)17)9-16-20(18,19)12-7-5-10(2)6-8-12/h5-8,13-16H,4,9H2,1-3H3/t13-,14+,15-/m1/s1. The molecular formula is C15H21NO3S. The molecule has 0 aromatic heterocycles. The summed E-state index contributed by atoms with van der Waals surface area (Å²) >= 11 is 0. The van der Waals surface area contributed by atoms with Crippen LogP contribution in [0.5, 0.6) is 0 Å². The summed E-state index contributed by atoms with van der Waals surface area (Å²) in [5.74, 6) is 0.669. The average molecular weight is 295 g/mol. The number of carbonyl (C=O) groups excluding carboxylic acids is 1. The van der Waals surface area contributed by atoms with Gasteiger partial charge in [0.25, 0.3) is 0 Å². The number of rotatable bonds is 6. The van der Waals surface area contributed by atoms with Crippen LogP contribution in [0.2, 0.25) is 0 Å². The number of aryl methyl sites for hydroxylation is 1. The summed E-state index contributed by atoms with van der Waals surface area (Å²) in [6.07, 6.45) is 0.918. The van der Waals surface area contributed by atoms with Gasteiger partial charge in [-0.1, -0.05) is 31.0 Å². The van der Waals surface area contributed by atoms with Crippen LogP contribution in [-0.4, -0.2) is 20.7 Å². The molecule has 1 saturated carbocycles. The highest BCUT2D eigenvalue weighted by Gasteiger charge is 2.51. The molecule has 1 fully saturated rings. The first-order valence-electron chi connectivity index (χ1n) is 6.93. The van der Waals surface area contributed by atoms with Gasteiger partial charge in [0.2, 0.25) is 10.0 Å². The van der Waals surface area contributed by atoms with E-state index in [1.807, 2.05) is 13.8 Å². The molecule has 0 amide bonds. The van der Waals surface area contributed by atoms with Gasteiger partial charge < -0.3 is 0 Å². The first kappa shape index (κ1) is 15.2. The lowest BCUT2D eigenvalue weighted by Gasteiger charge is -2.06. The number of carbonyl (C=O) groups is 1. The Labute approximate surface area is 120 Å². The lowest BCUT2D eigenvalue weighted by Crippen LogP contribution is -2.26. The summed E-state index contributed by atoms with van der Waals surface area (Å²) in [6, 6.07) is 6.76. The summed E-state index contributed by atoms with van der Waals surface area (Å²) in [6.45, 7) is 5.88. The molecule has 0 unspecified atom stereocenters. The Morgan fingerprint density at radius 3 is 2.25 bits per heavy atom. The number of hydrogen-bond acceptors (Lipinski definition) is 3. The van der Waals surface area contributed by atoms with E-state index in [0.717, 1.165) is 12.0 Å². The van der Waals surface area contributed by atoms with Crippen LogP contribution < -0.4 is 4.72 Å². The quantitative estimate of drug-likeness (QED) is 0.874. The first-order valence-corrected chi connectivity index (χ1v) is 8.42. The minimum absolute atomic E-state index is 0.0284. The average Bonchev–Trinajstić information content (AvgIpc) is 3.10. The molecule has 1 aliphatic carbocycles. The zero-order valence-corrected chi connectivity index (χ0v) is 12.9. The molecule has 4 nitrogen and oxygen atoms in total. The van der Waals surface area contributed by atoms with Crippen molar-refractivity contribution in [3.8, 4) is 0 Å². The molecule has 0 radical (unpaired) electrons. The van der Waals surface area contributed by atoms with Gasteiger partial charge in [-0.15, -0.1) is 0 Å². The van der Waals surface area contributed by atoms with Gasteiger partial charge >= 0.3 is 0 Å². The molecule has 5 heteroatoms. The molecule has 1 N–H and O–H groups in total. The van der Waals surface area contributed by atoms with Crippen molar-refractivity contribution in [2.24, 2.45) is 17.8 Å². The Morgan fingerprint density at radius 1 is 1.20 bits per heavy atom. The zero-order valence-electron chi connectivity index (χ0n) is 12.1. The lowest BCUT2D eigenvalue weighted by molar-refractivity contribution is -0.118. The summed E-state index contributed by atoms with van der Waals surface area (Å²) in [4.78, 5) is 11.7. The van der Waals surface area contributed by atoms with E-state index in [-0.39, 0.29) is 22.5 Å². The molecule has 2 rings (SSSR count). The van der Waals surface area contributed by atoms with E-state index < -0.39 is 10.0 Å². The lowest BCUT2D eigenvalue weighted by atomic mass is 10.2. The van der Waals surface area contributed by atoms with E-state index in [4.69, 9.17) is 0 Å². The molecule has 0 bridgehead atoms. The van der Waals surface area contributed by atoms with E-state index in [2.05, 4.69) is 4.72 Å². The summed E-state index contributed by atoms with van der Waals surface area (Å²) in [7, 11) is -3.47. The van der Waals surface area contributed by atoms with Crippen molar-refractivity contribution >= 4 is 15.8 Å². The Bertz CT molecular complexity index is 592. The largest absolute Gasteiger partial charge is 0.300 e. The van der Waals surface area contributed by atoms with Crippen LogP contribution in [0.15, 0.2) is 29.2 Å². The second kappa shape index (κ2) is 5.66. The molecule has 1 aromatic rings. The summed E-state index contributed by atoms with van der Waals surface area (Å²) in [5.41, 5.74) is 1.02. The summed E-state index contributed by atoms with van der Waals surface area (Å²) < 4.78 is 26.9. The van der Waals surface area contributed by atoms with E-state index in [1.54, 1.807) is 31.2 Å². The van der Waals surface area contributed by atoms with Crippen LogP contribution in [0.25, 0.3) is 0 Å². The molecule has 1 aromatic carbocycles. The third-order valence-corrected chi connectivity index (χ3v) is 5.55. The maximum absolute atomic E-state index is 12.2. The van der Waals surface area contributed by atoms with Gasteiger partial charge in [-0.05, 0) is 37.8 Å².